The van der Waals surface area contributed by atoms with Crippen molar-refractivity contribution in [2.24, 2.45) is 5.92 Å². The number of phenols is 1. The number of carboxylic acids is 1. The second-order valence-electron chi connectivity index (χ2n) is 9.19. The van der Waals surface area contributed by atoms with Crippen LogP contribution in [-0.4, -0.2) is 70.4 Å². The number of rotatable bonds is 10. The molecule has 1 heterocycles. The number of carbonyl (C=O) groups is 5. The average molecular weight is 559 g/mol. The molecule has 1 saturated heterocycles. The van der Waals surface area contributed by atoms with E-state index < -0.39 is 29.7 Å². The number of amides is 4. The Hall–Kier alpha value is -4.12. The first-order valence-electron chi connectivity index (χ1n) is 12.5. The van der Waals surface area contributed by atoms with Crippen LogP contribution in [0.4, 0.5) is 0 Å². The number of aliphatic carboxylic acids is 1. The summed E-state index contributed by atoms with van der Waals surface area (Å²) in [6.07, 6.45) is 1.59. The predicted molar refractivity (Wildman–Crippen MR) is 142 cm³/mol. The number of nitrogens with one attached hydrogen (secondary N) is 3. The van der Waals surface area contributed by atoms with Gasteiger partial charge in [0, 0.05) is 38.2 Å². The lowest BCUT2D eigenvalue weighted by Gasteiger charge is -2.32. The van der Waals surface area contributed by atoms with Crippen molar-refractivity contribution >= 4 is 41.2 Å². The van der Waals surface area contributed by atoms with Crippen molar-refractivity contribution in [3.8, 4) is 5.75 Å². The summed E-state index contributed by atoms with van der Waals surface area (Å²) in [6, 6.07) is 8.95. The Labute approximate surface area is 230 Å². The van der Waals surface area contributed by atoms with Crippen LogP contribution >= 0.6 is 11.6 Å². The maximum absolute atomic E-state index is 12.8. The number of likely N-dealkylation sites (tertiary alicyclic amines) is 1. The Kier molecular flexibility index (Phi) is 10.3. The smallest absolute Gasteiger partial charge is 0.328 e. The van der Waals surface area contributed by atoms with Gasteiger partial charge in [0.15, 0.2) is 0 Å². The minimum absolute atomic E-state index is 0.0416. The van der Waals surface area contributed by atoms with E-state index in [0.29, 0.717) is 31.4 Å². The molecule has 12 heteroatoms. The van der Waals surface area contributed by atoms with Gasteiger partial charge in [0.1, 0.15) is 11.8 Å². The number of nitrogens with zero attached hydrogens (tertiary/aromatic N) is 1. The first kappa shape index (κ1) is 29.4. The maximum Gasteiger partial charge on any atom is 0.328 e. The molecule has 0 saturated carbocycles. The molecule has 3 rings (SSSR count). The Morgan fingerprint density at radius 2 is 1.85 bits per heavy atom. The number of carboxylic acid groups (broad SMARTS) is 1. The molecule has 0 aliphatic carbocycles. The molecule has 0 spiro atoms. The predicted octanol–water partition coefficient (Wildman–Crippen LogP) is 1.92. The standard InChI is InChI=1S/C27H31ClN4O7/c1-2-23(34)32-10-4-6-18(15-32)25(36)30-14-22(27(38)39)31-26(37)20-9-8-17(12-21(20)28)24(35)29-13-16-5-3-7-19(33)11-16/h3,5,7-9,11-12,18,22,33H,2,4,6,10,13-15H2,1H3,(H,29,35)(H,30,36)(H,31,37)(H,38,39)/t18?,22-/m0/s1. The Bertz CT molecular complexity index is 1250. The lowest BCUT2D eigenvalue weighted by Crippen LogP contribution is -2.51. The Balaban J connectivity index is 1.56. The molecule has 0 bridgehead atoms. The lowest BCUT2D eigenvalue weighted by molar-refractivity contribution is -0.139. The van der Waals surface area contributed by atoms with Gasteiger partial charge in [0.05, 0.1) is 16.5 Å². The van der Waals surface area contributed by atoms with E-state index in [4.69, 9.17) is 11.6 Å². The number of halogens is 1. The average Bonchev–Trinajstić information content (AvgIpc) is 2.93. The molecule has 0 radical (unpaired) electrons. The van der Waals surface area contributed by atoms with E-state index in [-0.39, 0.29) is 53.3 Å². The molecule has 208 valence electrons. The summed E-state index contributed by atoms with van der Waals surface area (Å²) in [6.45, 7) is 2.41. The molecular formula is C27H31ClN4O7. The second-order valence-corrected chi connectivity index (χ2v) is 9.60. The molecule has 1 fully saturated rings. The van der Waals surface area contributed by atoms with Gasteiger partial charge in [-0.25, -0.2) is 4.79 Å². The molecule has 0 aromatic heterocycles. The normalized spacial score (nSPS) is 15.6. The van der Waals surface area contributed by atoms with E-state index in [2.05, 4.69) is 16.0 Å². The van der Waals surface area contributed by atoms with Crippen LogP contribution in [0, 0.1) is 5.92 Å². The SMILES string of the molecule is CCC(=O)N1CCCC(C(=O)NC[C@H](NC(=O)c2ccc(C(=O)NCc3cccc(O)c3)cc2Cl)C(=O)O)C1. The quantitative estimate of drug-likeness (QED) is 0.297. The summed E-state index contributed by atoms with van der Waals surface area (Å²) < 4.78 is 0. The summed E-state index contributed by atoms with van der Waals surface area (Å²) in [5, 5.41) is 26.6. The minimum atomic E-state index is -1.43. The highest BCUT2D eigenvalue weighted by atomic mass is 35.5. The van der Waals surface area contributed by atoms with E-state index in [0.717, 1.165) is 0 Å². The highest BCUT2D eigenvalue weighted by molar-refractivity contribution is 6.34. The lowest BCUT2D eigenvalue weighted by atomic mass is 9.96. The van der Waals surface area contributed by atoms with Crippen molar-refractivity contribution in [1.82, 2.24) is 20.9 Å². The third-order valence-electron chi connectivity index (χ3n) is 6.37. The van der Waals surface area contributed by atoms with Crippen molar-refractivity contribution in [2.45, 2.75) is 38.8 Å². The van der Waals surface area contributed by atoms with Crippen LogP contribution in [0.5, 0.6) is 5.75 Å². The highest BCUT2D eigenvalue weighted by Crippen LogP contribution is 2.19. The van der Waals surface area contributed by atoms with Crippen molar-refractivity contribution in [1.29, 1.82) is 0 Å². The van der Waals surface area contributed by atoms with Crippen molar-refractivity contribution in [2.75, 3.05) is 19.6 Å². The van der Waals surface area contributed by atoms with E-state index in [1.54, 1.807) is 24.0 Å². The summed E-state index contributed by atoms with van der Waals surface area (Å²) in [5.41, 5.74) is 0.828. The number of phenolic OH excluding ortho intramolecular Hbond substituents is 1. The van der Waals surface area contributed by atoms with Gasteiger partial charge in [-0.3, -0.25) is 19.2 Å². The van der Waals surface area contributed by atoms with Crippen molar-refractivity contribution in [3.63, 3.8) is 0 Å². The largest absolute Gasteiger partial charge is 0.508 e. The van der Waals surface area contributed by atoms with Gasteiger partial charge < -0.3 is 31.1 Å². The van der Waals surface area contributed by atoms with Crippen LogP contribution in [0.25, 0.3) is 0 Å². The van der Waals surface area contributed by atoms with E-state index >= 15 is 0 Å². The summed E-state index contributed by atoms with van der Waals surface area (Å²) >= 11 is 6.23. The number of piperidine rings is 1. The molecule has 1 aliphatic heterocycles. The van der Waals surface area contributed by atoms with Gasteiger partial charge in [-0.15, -0.1) is 0 Å². The van der Waals surface area contributed by atoms with Crippen molar-refractivity contribution in [3.05, 3.63) is 64.2 Å². The fourth-order valence-corrected chi connectivity index (χ4v) is 4.48. The Morgan fingerprint density at radius 3 is 2.51 bits per heavy atom. The van der Waals surface area contributed by atoms with Gasteiger partial charge in [-0.2, -0.15) is 0 Å². The van der Waals surface area contributed by atoms with Crippen LogP contribution in [0.1, 0.15) is 52.5 Å². The number of hydrogen-bond acceptors (Lipinski definition) is 6. The molecule has 4 amide bonds. The fraction of sp³-hybridized carbons (Fsp3) is 0.370. The zero-order valence-corrected chi connectivity index (χ0v) is 22.2. The number of aromatic hydroxyl groups is 1. The third-order valence-corrected chi connectivity index (χ3v) is 6.68. The second kappa shape index (κ2) is 13.6. The highest BCUT2D eigenvalue weighted by Gasteiger charge is 2.29. The molecule has 1 aliphatic rings. The van der Waals surface area contributed by atoms with Gasteiger partial charge >= 0.3 is 5.97 Å². The zero-order valence-electron chi connectivity index (χ0n) is 21.4. The van der Waals surface area contributed by atoms with Gasteiger partial charge in [-0.1, -0.05) is 30.7 Å². The molecule has 39 heavy (non-hydrogen) atoms. The van der Waals surface area contributed by atoms with Gasteiger partial charge in [-0.05, 0) is 48.7 Å². The first-order valence-corrected chi connectivity index (χ1v) is 12.9. The molecule has 2 aromatic rings. The molecule has 5 N–H and O–H groups in total. The van der Waals surface area contributed by atoms with Crippen LogP contribution in [0.2, 0.25) is 5.02 Å². The summed E-state index contributed by atoms with van der Waals surface area (Å²) in [4.78, 5) is 63.2. The number of benzene rings is 2. The molecule has 11 nitrogen and oxygen atoms in total. The molecule has 2 aromatic carbocycles. The minimum Gasteiger partial charge on any atom is -0.508 e. The van der Waals surface area contributed by atoms with Crippen LogP contribution < -0.4 is 16.0 Å². The molecule has 2 atom stereocenters. The first-order chi connectivity index (χ1) is 18.6. The number of hydrogen-bond donors (Lipinski definition) is 5. The molecule has 1 unspecified atom stereocenters. The topological polar surface area (TPSA) is 165 Å². The van der Waals surface area contributed by atoms with Crippen LogP contribution in [0.15, 0.2) is 42.5 Å². The van der Waals surface area contributed by atoms with Crippen molar-refractivity contribution < 1.29 is 34.2 Å². The number of carbonyl (C=O) groups excluding carboxylic acids is 4. The maximum atomic E-state index is 12.8. The van der Waals surface area contributed by atoms with Gasteiger partial charge in [0.25, 0.3) is 11.8 Å². The molecular weight excluding hydrogens is 528 g/mol. The monoisotopic (exact) mass is 558 g/mol. The van der Waals surface area contributed by atoms with Crippen LogP contribution in [-0.2, 0) is 20.9 Å². The van der Waals surface area contributed by atoms with E-state index in [1.165, 1.54) is 30.3 Å². The fourth-order valence-electron chi connectivity index (χ4n) is 4.22. The summed E-state index contributed by atoms with van der Waals surface area (Å²) in [5.74, 6) is -3.41. The Morgan fingerprint density at radius 1 is 1.08 bits per heavy atom. The summed E-state index contributed by atoms with van der Waals surface area (Å²) in [7, 11) is 0. The van der Waals surface area contributed by atoms with Gasteiger partial charge in [0.2, 0.25) is 11.8 Å². The van der Waals surface area contributed by atoms with E-state index in [9.17, 15) is 34.2 Å². The van der Waals surface area contributed by atoms with E-state index in [1.807, 2.05) is 0 Å². The zero-order chi connectivity index (χ0) is 28.5. The third kappa shape index (κ3) is 8.18. The van der Waals surface area contributed by atoms with Crippen LogP contribution in [0.3, 0.4) is 0 Å².